The summed E-state index contributed by atoms with van der Waals surface area (Å²) in [5.74, 6) is -2.56. The number of pyridine rings is 1. The number of nitrogens with one attached hydrogen (secondary N) is 1. The average molecular weight is 649 g/mol. The predicted octanol–water partition coefficient (Wildman–Crippen LogP) is 4.12. The van der Waals surface area contributed by atoms with Gasteiger partial charge in [-0.2, -0.15) is 18.4 Å². The number of ether oxygens (including phenoxy) is 1. The van der Waals surface area contributed by atoms with Gasteiger partial charge in [0.15, 0.2) is 16.4 Å². The smallest absolute Gasteiger partial charge is 0.422 e. The van der Waals surface area contributed by atoms with Crippen LogP contribution in [0.2, 0.25) is 10.0 Å². The Morgan fingerprint density at radius 1 is 1.19 bits per heavy atom. The van der Waals surface area contributed by atoms with E-state index >= 15 is 0 Å². The Kier molecular flexibility index (Phi) is 7.60. The number of carbonyl (C=O) groups excluding carboxylic acids is 2. The molecule has 1 aromatic heterocycles. The fourth-order valence-corrected chi connectivity index (χ4v) is 7.45. The minimum Gasteiger partial charge on any atom is -0.484 e. The number of carbonyl (C=O) groups is 2. The third kappa shape index (κ3) is 5.74. The molecule has 0 bridgehead atoms. The van der Waals surface area contributed by atoms with Crippen molar-refractivity contribution in [2.24, 2.45) is 0 Å². The molecule has 0 radical (unpaired) electrons. The van der Waals surface area contributed by atoms with E-state index in [0.29, 0.717) is 12.8 Å². The van der Waals surface area contributed by atoms with Crippen molar-refractivity contribution in [2.45, 2.75) is 65.4 Å². The average Bonchev–Trinajstić information content (AvgIpc) is 3.83. The fraction of sp³-hybridized carbons (Fsp3) is 0.462. The molecule has 2 aromatic rings. The molecular weight excluding hydrogens is 627 g/mol. The Hall–Kier alpha value is -3.15. The molecule has 16 heteroatoms. The third-order valence-electron chi connectivity index (χ3n) is 7.62. The number of hydrogen-bond donors (Lipinski definition) is 1. The quantitative estimate of drug-likeness (QED) is 0.426. The molecule has 2 atom stereocenters. The maximum Gasteiger partial charge on any atom is 0.422 e. The minimum atomic E-state index is -4.62. The molecule has 3 aliphatic rings. The number of aromatic nitrogens is 1. The number of benzene rings is 1. The van der Waals surface area contributed by atoms with E-state index in [-0.39, 0.29) is 35.7 Å². The Morgan fingerprint density at radius 2 is 1.88 bits per heavy atom. The van der Waals surface area contributed by atoms with Gasteiger partial charge in [0, 0.05) is 18.8 Å². The first-order valence-electron chi connectivity index (χ1n) is 12.7. The molecule has 5 rings (SSSR count). The number of hydrogen-bond acceptors (Lipinski definition) is 7. The standard InChI is InChI=1S/C26H22Cl2F4N4O5S/c27-14-7-18(29)21(34-10-14)25(5-6-25)23(38)36-11-16(9-19(36)22(37)35-24(12-33)3-4-24)42(39,40)20-2-1-15(8-17(20)28)41-13-26(30,31)32/h1-2,7-8,10,16,19H,3-6,9,11,13H2,(H,35,37)/t16-,19+/m1/s1. The van der Waals surface area contributed by atoms with E-state index in [2.05, 4.69) is 15.0 Å². The summed E-state index contributed by atoms with van der Waals surface area (Å²) < 4.78 is 84.4. The molecule has 2 aliphatic carbocycles. The van der Waals surface area contributed by atoms with Crippen LogP contribution in [0.1, 0.15) is 37.8 Å². The number of likely N-dealkylation sites (tertiary alicyclic amines) is 1. The van der Waals surface area contributed by atoms with Crippen LogP contribution in [0.3, 0.4) is 0 Å². The first-order chi connectivity index (χ1) is 19.6. The molecule has 9 nitrogen and oxygen atoms in total. The van der Waals surface area contributed by atoms with Crippen molar-refractivity contribution in [1.29, 1.82) is 5.26 Å². The topological polar surface area (TPSA) is 129 Å². The second-order valence-electron chi connectivity index (χ2n) is 10.6. The number of sulfone groups is 1. The first-order valence-corrected chi connectivity index (χ1v) is 15.0. The summed E-state index contributed by atoms with van der Waals surface area (Å²) in [5.41, 5.74) is -2.71. The molecule has 1 aromatic carbocycles. The van der Waals surface area contributed by atoms with Gasteiger partial charge in [0.25, 0.3) is 0 Å². The highest BCUT2D eigenvalue weighted by molar-refractivity contribution is 7.92. The van der Waals surface area contributed by atoms with Crippen LogP contribution in [0.5, 0.6) is 5.75 Å². The van der Waals surface area contributed by atoms with Crippen LogP contribution in [-0.4, -0.2) is 66.3 Å². The van der Waals surface area contributed by atoms with E-state index in [1.807, 2.05) is 6.07 Å². The van der Waals surface area contributed by atoms with Crippen LogP contribution in [0.25, 0.3) is 0 Å². The van der Waals surface area contributed by atoms with Crippen molar-refractivity contribution in [2.75, 3.05) is 13.2 Å². The number of nitrogens with zero attached hydrogens (tertiary/aromatic N) is 3. The highest BCUT2D eigenvalue weighted by Crippen LogP contribution is 2.51. The van der Waals surface area contributed by atoms with Crippen LogP contribution in [0, 0.1) is 17.1 Å². The molecule has 3 fully saturated rings. The number of halogens is 6. The molecule has 1 aliphatic heterocycles. The van der Waals surface area contributed by atoms with E-state index in [1.54, 1.807) is 0 Å². The first kappa shape index (κ1) is 30.3. The van der Waals surface area contributed by atoms with Gasteiger partial charge < -0.3 is 15.0 Å². The van der Waals surface area contributed by atoms with Crippen LogP contribution in [0.4, 0.5) is 17.6 Å². The zero-order valence-corrected chi connectivity index (χ0v) is 23.9. The van der Waals surface area contributed by atoms with E-state index in [0.717, 1.165) is 29.2 Å². The van der Waals surface area contributed by atoms with Gasteiger partial charge in [-0.1, -0.05) is 23.2 Å². The van der Waals surface area contributed by atoms with Crippen LogP contribution >= 0.6 is 23.2 Å². The monoisotopic (exact) mass is 648 g/mol. The number of nitriles is 1. The van der Waals surface area contributed by atoms with Gasteiger partial charge in [-0.05, 0) is 50.3 Å². The van der Waals surface area contributed by atoms with Crippen LogP contribution in [0.15, 0.2) is 35.4 Å². The molecule has 42 heavy (non-hydrogen) atoms. The van der Waals surface area contributed by atoms with Crippen molar-refractivity contribution in [3.05, 3.63) is 52.0 Å². The van der Waals surface area contributed by atoms with Crippen LogP contribution in [-0.2, 0) is 24.8 Å². The molecule has 2 saturated carbocycles. The zero-order valence-electron chi connectivity index (χ0n) is 21.6. The van der Waals surface area contributed by atoms with Gasteiger partial charge in [-0.3, -0.25) is 14.6 Å². The van der Waals surface area contributed by atoms with Crippen molar-refractivity contribution in [3.63, 3.8) is 0 Å². The Labute approximate surface area is 247 Å². The lowest BCUT2D eigenvalue weighted by atomic mass is 9.98. The highest BCUT2D eigenvalue weighted by atomic mass is 35.5. The summed E-state index contributed by atoms with van der Waals surface area (Å²) >= 11 is 12.0. The Bertz CT molecular complexity index is 1610. The van der Waals surface area contributed by atoms with Gasteiger partial charge in [0.05, 0.1) is 37.4 Å². The van der Waals surface area contributed by atoms with E-state index < -0.39 is 79.0 Å². The third-order valence-corrected chi connectivity index (χ3v) is 10.4. The second-order valence-corrected chi connectivity index (χ2v) is 13.7. The summed E-state index contributed by atoms with van der Waals surface area (Å²) in [6.45, 7) is -2.07. The van der Waals surface area contributed by atoms with Crippen molar-refractivity contribution >= 4 is 44.9 Å². The molecule has 0 unspecified atom stereocenters. The minimum absolute atomic E-state index is 0.0158. The van der Waals surface area contributed by atoms with Crippen molar-refractivity contribution < 1.29 is 40.3 Å². The normalized spacial score (nSPS) is 22.3. The number of amides is 2. The van der Waals surface area contributed by atoms with Crippen molar-refractivity contribution in [1.82, 2.24) is 15.2 Å². The number of rotatable bonds is 8. The molecular formula is C26H22Cl2F4N4O5S. The van der Waals surface area contributed by atoms with Gasteiger partial charge in [0.1, 0.15) is 23.1 Å². The van der Waals surface area contributed by atoms with Gasteiger partial charge in [-0.15, -0.1) is 0 Å². The van der Waals surface area contributed by atoms with Gasteiger partial charge in [-0.25, -0.2) is 12.8 Å². The molecule has 224 valence electrons. The lowest BCUT2D eigenvalue weighted by Gasteiger charge is -2.28. The molecule has 0 spiro atoms. The Balaban J connectivity index is 1.44. The number of alkyl halides is 3. The lowest BCUT2D eigenvalue weighted by molar-refractivity contribution is -0.153. The SMILES string of the molecule is N#CC1(NC(=O)[C@@H]2C[C@@H](S(=O)(=O)c3ccc(OCC(F)(F)F)cc3Cl)CN2C(=O)C2(c3ncc(Cl)cc3F)CC2)CC1. The lowest BCUT2D eigenvalue weighted by Crippen LogP contribution is -2.52. The predicted molar refractivity (Wildman–Crippen MR) is 140 cm³/mol. The van der Waals surface area contributed by atoms with E-state index in [1.165, 1.54) is 6.20 Å². The van der Waals surface area contributed by atoms with Gasteiger partial charge in [0.2, 0.25) is 11.8 Å². The van der Waals surface area contributed by atoms with Crippen molar-refractivity contribution in [3.8, 4) is 11.8 Å². The molecule has 2 heterocycles. The van der Waals surface area contributed by atoms with Crippen LogP contribution < -0.4 is 10.1 Å². The summed E-state index contributed by atoms with van der Waals surface area (Å²) in [5, 5.41) is 10.3. The van der Waals surface area contributed by atoms with E-state index in [4.69, 9.17) is 23.2 Å². The van der Waals surface area contributed by atoms with E-state index in [9.17, 15) is 40.8 Å². The summed E-state index contributed by atoms with van der Waals surface area (Å²) in [7, 11) is -4.36. The highest BCUT2D eigenvalue weighted by Gasteiger charge is 2.60. The van der Waals surface area contributed by atoms with Gasteiger partial charge >= 0.3 is 6.18 Å². The molecule has 1 saturated heterocycles. The fourth-order valence-electron chi connectivity index (χ4n) is 5.07. The molecule has 2 amide bonds. The Morgan fingerprint density at radius 3 is 2.43 bits per heavy atom. The maximum atomic E-state index is 14.8. The summed E-state index contributed by atoms with van der Waals surface area (Å²) in [4.78, 5) is 31.9. The second kappa shape index (κ2) is 10.5. The maximum absolute atomic E-state index is 14.8. The summed E-state index contributed by atoms with van der Waals surface area (Å²) in [6.07, 6.45) is -2.63. The molecule has 1 N–H and O–H groups in total. The zero-order chi connectivity index (χ0) is 30.7. The largest absolute Gasteiger partial charge is 0.484 e. The summed E-state index contributed by atoms with van der Waals surface area (Å²) in [6, 6.07) is 4.64.